The SMILES string of the molecule is CCn1c([C@@H](O)c2ccc3c(c2)OCO3)nc2ccccc21. The number of hydrogen-bond donors (Lipinski definition) is 1. The zero-order chi connectivity index (χ0) is 15.1. The summed E-state index contributed by atoms with van der Waals surface area (Å²) < 4.78 is 12.7. The topological polar surface area (TPSA) is 56.5 Å². The fourth-order valence-corrected chi connectivity index (χ4v) is 2.87. The number of para-hydroxylation sites is 2. The third-order valence-corrected chi connectivity index (χ3v) is 3.96. The minimum Gasteiger partial charge on any atom is -0.454 e. The molecular weight excluding hydrogens is 280 g/mol. The van der Waals surface area contributed by atoms with Crippen molar-refractivity contribution in [2.75, 3.05) is 6.79 Å². The summed E-state index contributed by atoms with van der Waals surface area (Å²) in [6, 6.07) is 13.4. The molecule has 5 nitrogen and oxygen atoms in total. The minimum atomic E-state index is -0.804. The van der Waals surface area contributed by atoms with Crippen LogP contribution in [0.2, 0.25) is 0 Å². The Hall–Kier alpha value is -2.53. The second-order valence-corrected chi connectivity index (χ2v) is 5.22. The third kappa shape index (κ3) is 1.94. The molecule has 0 bridgehead atoms. The molecule has 0 amide bonds. The normalized spacial score (nSPS) is 14.5. The minimum absolute atomic E-state index is 0.225. The highest BCUT2D eigenvalue weighted by Gasteiger charge is 2.22. The second kappa shape index (κ2) is 5.03. The number of aliphatic hydroxyl groups is 1. The van der Waals surface area contributed by atoms with Crippen molar-refractivity contribution in [3.05, 3.63) is 53.9 Å². The lowest BCUT2D eigenvalue weighted by Gasteiger charge is -2.13. The van der Waals surface area contributed by atoms with Crippen molar-refractivity contribution in [1.29, 1.82) is 0 Å². The number of aliphatic hydroxyl groups excluding tert-OH is 1. The first-order valence-corrected chi connectivity index (χ1v) is 7.30. The van der Waals surface area contributed by atoms with E-state index >= 15 is 0 Å². The summed E-state index contributed by atoms with van der Waals surface area (Å²) in [6.45, 7) is 3.02. The highest BCUT2D eigenvalue weighted by atomic mass is 16.7. The molecule has 2 heterocycles. The quantitative estimate of drug-likeness (QED) is 0.807. The summed E-state index contributed by atoms with van der Waals surface area (Å²) in [5.74, 6) is 2.01. The average molecular weight is 296 g/mol. The third-order valence-electron chi connectivity index (χ3n) is 3.96. The van der Waals surface area contributed by atoms with E-state index in [0.717, 1.165) is 23.1 Å². The smallest absolute Gasteiger partial charge is 0.231 e. The van der Waals surface area contributed by atoms with Crippen LogP contribution in [-0.2, 0) is 6.54 Å². The van der Waals surface area contributed by atoms with Gasteiger partial charge in [0.1, 0.15) is 11.9 Å². The van der Waals surface area contributed by atoms with Crippen molar-refractivity contribution in [2.45, 2.75) is 19.6 Å². The molecule has 0 aliphatic carbocycles. The van der Waals surface area contributed by atoms with Crippen LogP contribution >= 0.6 is 0 Å². The maximum atomic E-state index is 10.8. The summed E-state index contributed by atoms with van der Waals surface area (Å²) in [4.78, 5) is 4.59. The number of nitrogens with zero attached hydrogens (tertiary/aromatic N) is 2. The van der Waals surface area contributed by atoms with E-state index in [9.17, 15) is 5.11 Å². The lowest BCUT2D eigenvalue weighted by molar-refractivity contribution is 0.173. The molecular formula is C17H16N2O3. The first-order valence-electron chi connectivity index (χ1n) is 7.30. The fourth-order valence-electron chi connectivity index (χ4n) is 2.87. The molecule has 4 rings (SSSR count). The number of rotatable bonds is 3. The Labute approximate surface area is 127 Å². The van der Waals surface area contributed by atoms with Gasteiger partial charge in [-0.2, -0.15) is 0 Å². The molecule has 3 aromatic rings. The Morgan fingerprint density at radius 1 is 1.18 bits per heavy atom. The molecule has 1 aromatic heterocycles. The number of aromatic nitrogens is 2. The van der Waals surface area contributed by atoms with Crippen LogP contribution < -0.4 is 9.47 Å². The Bertz CT molecular complexity index is 841. The van der Waals surface area contributed by atoms with Crippen molar-refractivity contribution in [2.24, 2.45) is 0 Å². The van der Waals surface area contributed by atoms with Gasteiger partial charge in [-0.25, -0.2) is 4.98 Å². The molecule has 0 unspecified atom stereocenters. The van der Waals surface area contributed by atoms with Gasteiger partial charge in [0.25, 0.3) is 0 Å². The van der Waals surface area contributed by atoms with E-state index < -0.39 is 6.10 Å². The van der Waals surface area contributed by atoms with E-state index in [2.05, 4.69) is 4.98 Å². The van der Waals surface area contributed by atoms with Crippen LogP contribution in [0, 0.1) is 0 Å². The van der Waals surface area contributed by atoms with Gasteiger partial charge in [-0.15, -0.1) is 0 Å². The van der Waals surface area contributed by atoms with Gasteiger partial charge in [0, 0.05) is 6.54 Å². The predicted octanol–water partition coefficient (Wildman–Crippen LogP) is 2.87. The number of fused-ring (bicyclic) bond motifs is 2. The summed E-state index contributed by atoms with van der Waals surface area (Å²) in [6.07, 6.45) is -0.804. The van der Waals surface area contributed by atoms with Crippen LogP contribution in [0.4, 0.5) is 0 Å². The summed E-state index contributed by atoms with van der Waals surface area (Å²) in [5, 5.41) is 10.8. The molecule has 0 radical (unpaired) electrons. The molecule has 0 saturated carbocycles. The standard InChI is InChI=1S/C17H16N2O3/c1-2-19-13-6-4-3-5-12(13)18-17(19)16(20)11-7-8-14-15(9-11)22-10-21-14/h3-9,16,20H,2,10H2,1H3/t16-/m0/s1. The lowest BCUT2D eigenvalue weighted by Crippen LogP contribution is -2.09. The van der Waals surface area contributed by atoms with E-state index in [-0.39, 0.29) is 6.79 Å². The van der Waals surface area contributed by atoms with Crippen LogP contribution in [0.15, 0.2) is 42.5 Å². The summed E-state index contributed by atoms with van der Waals surface area (Å²) in [5.41, 5.74) is 2.66. The van der Waals surface area contributed by atoms with Gasteiger partial charge >= 0.3 is 0 Å². The van der Waals surface area contributed by atoms with E-state index in [1.807, 2.05) is 54.0 Å². The Balaban J connectivity index is 1.81. The van der Waals surface area contributed by atoms with Crippen LogP contribution in [0.1, 0.15) is 24.4 Å². The van der Waals surface area contributed by atoms with E-state index in [1.54, 1.807) is 0 Å². The number of hydrogen-bond acceptors (Lipinski definition) is 4. The predicted molar refractivity (Wildman–Crippen MR) is 82.0 cm³/mol. The molecule has 0 saturated heterocycles. The van der Waals surface area contributed by atoms with Crippen molar-refractivity contribution < 1.29 is 14.6 Å². The number of benzene rings is 2. The molecule has 112 valence electrons. The van der Waals surface area contributed by atoms with Gasteiger partial charge in [-0.3, -0.25) is 0 Å². The monoisotopic (exact) mass is 296 g/mol. The van der Waals surface area contributed by atoms with Crippen molar-refractivity contribution >= 4 is 11.0 Å². The average Bonchev–Trinajstić information content (AvgIpc) is 3.17. The van der Waals surface area contributed by atoms with E-state index in [1.165, 1.54) is 0 Å². The summed E-state index contributed by atoms with van der Waals surface area (Å²) >= 11 is 0. The highest BCUT2D eigenvalue weighted by molar-refractivity contribution is 5.76. The molecule has 1 aliphatic heterocycles. The van der Waals surface area contributed by atoms with Crippen molar-refractivity contribution in [3.63, 3.8) is 0 Å². The first kappa shape index (κ1) is 13.2. The van der Waals surface area contributed by atoms with Gasteiger partial charge in [-0.05, 0) is 36.8 Å². The van der Waals surface area contributed by atoms with Crippen molar-refractivity contribution in [1.82, 2.24) is 9.55 Å². The van der Waals surface area contributed by atoms with Crippen LogP contribution in [-0.4, -0.2) is 21.5 Å². The number of ether oxygens (including phenoxy) is 2. The molecule has 5 heteroatoms. The molecule has 2 aromatic carbocycles. The highest BCUT2D eigenvalue weighted by Crippen LogP contribution is 2.36. The van der Waals surface area contributed by atoms with Gasteiger partial charge < -0.3 is 19.1 Å². The maximum absolute atomic E-state index is 10.8. The van der Waals surface area contributed by atoms with Crippen LogP contribution in [0.5, 0.6) is 11.5 Å². The number of aryl methyl sites for hydroxylation is 1. The van der Waals surface area contributed by atoms with E-state index in [4.69, 9.17) is 9.47 Å². The van der Waals surface area contributed by atoms with Gasteiger partial charge in [0.15, 0.2) is 11.5 Å². The zero-order valence-corrected chi connectivity index (χ0v) is 12.2. The van der Waals surface area contributed by atoms with Crippen LogP contribution in [0.25, 0.3) is 11.0 Å². The zero-order valence-electron chi connectivity index (χ0n) is 12.2. The van der Waals surface area contributed by atoms with E-state index in [0.29, 0.717) is 17.3 Å². The first-order chi connectivity index (χ1) is 10.8. The molecule has 22 heavy (non-hydrogen) atoms. The molecule has 0 fully saturated rings. The molecule has 1 atom stereocenters. The van der Waals surface area contributed by atoms with Gasteiger partial charge in [-0.1, -0.05) is 18.2 Å². The van der Waals surface area contributed by atoms with Gasteiger partial charge in [0.2, 0.25) is 6.79 Å². The lowest BCUT2D eigenvalue weighted by atomic mass is 10.1. The molecule has 0 spiro atoms. The fraction of sp³-hybridized carbons (Fsp3) is 0.235. The largest absolute Gasteiger partial charge is 0.454 e. The van der Waals surface area contributed by atoms with Gasteiger partial charge in [0.05, 0.1) is 11.0 Å². The number of imidazole rings is 1. The van der Waals surface area contributed by atoms with Crippen LogP contribution in [0.3, 0.4) is 0 Å². The molecule has 1 aliphatic rings. The Kier molecular flexibility index (Phi) is 3.01. The Morgan fingerprint density at radius 3 is 2.86 bits per heavy atom. The second-order valence-electron chi connectivity index (χ2n) is 5.22. The summed E-state index contributed by atoms with van der Waals surface area (Å²) in [7, 11) is 0. The Morgan fingerprint density at radius 2 is 2.00 bits per heavy atom. The van der Waals surface area contributed by atoms with Crippen molar-refractivity contribution in [3.8, 4) is 11.5 Å². The maximum Gasteiger partial charge on any atom is 0.231 e. The molecule has 1 N–H and O–H groups in total.